The predicted molar refractivity (Wildman–Crippen MR) is 100 cm³/mol. The Morgan fingerprint density at radius 1 is 1.04 bits per heavy atom. The van der Waals surface area contributed by atoms with E-state index >= 15 is 0 Å². The first-order valence-electron chi connectivity index (χ1n) is 8.48. The number of rotatable bonds is 10. The van der Waals surface area contributed by atoms with Crippen LogP contribution in [0.4, 0.5) is 0 Å². The minimum Gasteiger partial charge on any atom is -0.493 e. The van der Waals surface area contributed by atoms with E-state index in [4.69, 9.17) is 21.1 Å². The molecule has 4 heteroatoms. The first kappa shape index (κ1) is 18.6. The first-order valence-corrected chi connectivity index (χ1v) is 8.86. The molecule has 0 radical (unpaired) electrons. The maximum atomic E-state index is 6.41. The van der Waals surface area contributed by atoms with E-state index < -0.39 is 0 Å². The molecule has 0 aromatic heterocycles. The molecule has 24 heavy (non-hydrogen) atoms. The molecule has 0 saturated heterocycles. The maximum Gasteiger partial charge on any atom is 0.180 e. The summed E-state index contributed by atoms with van der Waals surface area (Å²) in [5, 5.41) is 4.02. The van der Waals surface area contributed by atoms with Crippen LogP contribution < -0.4 is 14.8 Å². The first-order chi connectivity index (χ1) is 11.7. The van der Waals surface area contributed by atoms with Crippen LogP contribution in [0.1, 0.15) is 37.3 Å². The van der Waals surface area contributed by atoms with Crippen LogP contribution in [0.15, 0.2) is 42.5 Å². The smallest absolute Gasteiger partial charge is 0.180 e. The Morgan fingerprint density at radius 2 is 1.83 bits per heavy atom. The molecule has 0 heterocycles. The molecule has 0 aliphatic rings. The average molecular weight is 348 g/mol. The molecule has 130 valence electrons. The zero-order valence-electron chi connectivity index (χ0n) is 14.5. The van der Waals surface area contributed by atoms with Crippen LogP contribution in [-0.2, 0) is 13.2 Å². The van der Waals surface area contributed by atoms with Crippen molar-refractivity contribution < 1.29 is 9.47 Å². The second kappa shape index (κ2) is 10.2. The maximum absolute atomic E-state index is 6.41. The minimum absolute atomic E-state index is 0.464. The van der Waals surface area contributed by atoms with Gasteiger partial charge in [0.2, 0.25) is 0 Å². The third-order valence-corrected chi connectivity index (χ3v) is 4.08. The van der Waals surface area contributed by atoms with Crippen molar-refractivity contribution in [2.45, 2.75) is 39.3 Å². The zero-order valence-corrected chi connectivity index (χ0v) is 15.2. The molecule has 0 saturated carbocycles. The van der Waals surface area contributed by atoms with Crippen molar-refractivity contribution in [1.29, 1.82) is 0 Å². The number of hydrogen-bond acceptors (Lipinski definition) is 3. The van der Waals surface area contributed by atoms with Gasteiger partial charge in [-0.05, 0) is 36.2 Å². The lowest BCUT2D eigenvalue weighted by molar-refractivity contribution is 0.284. The van der Waals surface area contributed by atoms with Gasteiger partial charge in [0.1, 0.15) is 6.61 Å². The van der Waals surface area contributed by atoms with Crippen molar-refractivity contribution in [3.8, 4) is 11.5 Å². The molecular weight excluding hydrogens is 322 g/mol. The molecule has 0 aliphatic heterocycles. The Kier molecular flexibility index (Phi) is 7.93. The van der Waals surface area contributed by atoms with Gasteiger partial charge in [0, 0.05) is 6.54 Å². The summed E-state index contributed by atoms with van der Waals surface area (Å²) in [5.41, 5.74) is 2.19. The van der Waals surface area contributed by atoms with E-state index in [0.717, 1.165) is 24.2 Å². The summed E-state index contributed by atoms with van der Waals surface area (Å²) in [7, 11) is 1.64. The fourth-order valence-corrected chi connectivity index (χ4v) is 2.77. The molecule has 0 aliphatic carbocycles. The highest BCUT2D eigenvalue weighted by Crippen LogP contribution is 2.37. The Morgan fingerprint density at radius 3 is 2.54 bits per heavy atom. The van der Waals surface area contributed by atoms with Gasteiger partial charge in [-0.2, -0.15) is 0 Å². The lowest BCUT2D eigenvalue weighted by atomic mass is 10.2. The van der Waals surface area contributed by atoms with Crippen molar-refractivity contribution >= 4 is 11.6 Å². The van der Waals surface area contributed by atoms with Gasteiger partial charge < -0.3 is 14.8 Å². The number of hydrogen-bond donors (Lipinski definition) is 1. The van der Waals surface area contributed by atoms with Crippen LogP contribution >= 0.6 is 11.6 Å². The molecule has 0 spiro atoms. The number of unbranched alkanes of at least 4 members (excludes halogenated alkanes) is 2. The second-order valence-electron chi connectivity index (χ2n) is 5.77. The fraction of sp³-hybridized carbons (Fsp3) is 0.400. The molecular formula is C20H26ClNO2. The SMILES string of the molecule is CCCCCNCc1cc(Cl)c(OCc2ccccc2)c(OC)c1. The summed E-state index contributed by atoms with van der Waals surface area (Å²) in [6.45, 7) is 4.46. The summed E-state index contributed by atoms with van der Waals surface area (Å²) in [6.07, 6.45) is 3.68. The van der Waals surface area contributed by atoms with Crippen LogP contribution in [0.2, 0.25) is 5.02 Å². The molecule has 0 amide bonds. The quantitative estimate of drug-likeness (QED) is 0.598. The van der Waals surface area contributed by atoms with Crippen molar-refractivity contribution in [2.75, 3.05) is 13.7 Å². The lowest BCUT2D eigenvalue weighted by Gasteiger charge is -2.14. The average Bonchev–Trinajstić information content (AvgIpc) is 2.61. The van der Waals surface area contributed by atoms with Crippen molar-refractivity contribution in [3.63, 3.8) is 0 Å². The number of nitrogens with one attached hydrogen (secondary N) is 1. The molecule has 2 aromatic rings. The van der Waals surface area contributed by atoms with E-state index in [1.54, 1.807) is 7.11 Å². The van der Waals surface area contributed by atoms with Crippen LogP contribution in [0.5, 0.6) is 11.5 Å². The van der Waals surface area contributed by atoms with Crippen molar-refractivity contribution in [2.24, 2.45) is 0 Å². The monoisotopic (exact) mass is 347 g/mol. The van der Waals surface area contributed by atoms with Crippen LogP contribution in [0.3, 0.4) is 0 Å². The zero-order chi connectivity index (χ0) is 17.2. The Balaban J connectivity index is 1.98. The van der Waals surface area contributed by atoms with Gasteiger partial charge >= 0.3 is 0 Å². The normalized spacial score (nSPS) is 10.6. The molecule has 2 rings (SSSR count). The second-order valence-corrected chi connectivity index (χ2v) is 6.17. The van der Waals surface area contributed by atoms with Crippen LogP contribution in [0, 0.1) is 0 Å². The van der Waals surface area contributed by atoms with E-state index in [1.807, 2.05) is 42.5 Å². The summed E-state index contributed by atoms with van der Waals surface area (Å²) in [6, 6.07) is 13.9. The highest BCUT2D eigenvalue weighted by atomic mass is 35.5. The largest absolute Gasteiger partial charge is 0.493 e. The molecule has 0 fully saturated rings. The molecule has 2 aromatic carbocycles. The van der Waals surface area contributed by atoms with Crippen LogP contribution in [0.25, 0.3) is 0 Å². The third-order valence-electron chi connectivity index (χ3n) is 3.80. The number of benzene rings is 2. The Hall–Kier alpha value is -1.71. The van der Waals surface area contributed by atoms with Gasteiger partial charge in [-0.1, -0.05) is 61.7 Å². The molecule has 1 N–H and O–H groups in total. The van der Waals surface area contributed by atoms with Gasteiger partial charge in [-0.25, -0.2) is 0 Å². The molecule has 0 unspecified atom stereocenters. The Bertz CT molecular complexity index is 617. The van der Waals surface area contributed by atoms with E-state index in [1.165, 1.54) is 19.3 Å². The minimum atomic E-state index is 0.464. The Labute approximate surface area is 149 Å². The third kappa shape index (κ3) is 5.73. The summed E-state index contributed by atoms with van der Waals surface area (Å²) >= 11 is 6.41. The summed E-state index contributed by atoms with van der Waals surface area (Å²) < 4.78 is 11.3. The van der Waals surface area contributed by atoms with E-state index in [0.29, 0.717) is 23.1 Å². The van der Waals surface area contributed by atoms with E-state index in [9.17, 15) is 0 Å². The van der Waals surface area contributed by atoms with Gasteiger partial charge in [0.15, 0.2) is 11.5 Å². The van der Waals surface area contributed by atoms with E-state index in [2.05, 4.69) is 12.2 Å². The summed E-state index contributed by atoms with van der Waals surface area (Å²) in [4.78, 5) is 0. The van der Waals surface area contributed by atoms with Crippen LogP contribution in [-0.4, -0.2) is 13.7 Å². The number of halogens is 1. The number of ether oxygens (including phenoxy) is 2. The van der Waals surface area contributed by atoms with Gasteiger partial charge in [0.25, 0.3) is 0 Å². The predicted octanol–water partition coefficient (Wildman–Crippen LogP) is 5.21. The highest BCUT2D eigenvalue weighted by Gasteiger charge is 2.12. The topological polar surface area (TPSA) is 30.5 Å². The lowest BCUT2D eigenvalue weighted by Crippen LogP contribution is -2.14. The molecule has 3 nitrogen and oxygen atoms in total. The van der Waals surface area contributed by atoms with Gasteiger partial charge in [-0.15, -0.1) is 0 Å². The molecule has 0 atom stereocenters. The van der Waals surface area contributed by atoms with E-state index in [-0.39, 0.29) is 0 Å². The van der Waals surface area contributed by atoms with Crippen molar-refractivity contribution in [1.82, 2.24) is 5.32 Å². The molecule has 0 bridgehead atoms. The number of methoxy groups -OCH3 is 1. The standard InChI is InChI=1S/C20H26ClNO2/c1-3-4-8-11-22-14-17-12-18(21)20(19(13-17)23-2)24-15-16-9-6-5-7-10-16/h5-7,9-10,12-13,22H,3-4,8,11,14-15H2,1-2H3. The van der Waals surface area contributed by atoms with Gasteiger partial charge in [0.05, 0.1) is 12.1 Å². The highest BCUT2D eigenvalue weighted by molar-refractivity contribution is 6.32. The van der Waals surface area contributed by atoms with Crippen molar-refractivity contribution in [3.05, 3.63) is 58.6 Å². The fourth-order valence-electron chi connectivity index (χ4n) is 2.48. The summed E-state index contributed by atoms with van der Waals surface area (Å²) in [5.74, 6) is 1.27. The van der Waals surface area contributed by atoms with Gasteiger partial charge in [-0.3, -0.25) is 0 Å².